The van der Waals surface area contributed by atoms with Crippen LogP contribution in [0.15, 0.2) is 85.1 Å². The molecule has 6 heteroatoms. The molecule has 0 spiro atoms. The second-order valence-corrected chi connectivity index (χ2v) is 7.34. The summed E-state index contributed by atoms with van der Waals surface area (Å²) < 4.78 is 1.77. The molecule has 0 bridgehead atoms. The fourth-order valence-corrected chi connectivity index (χ4v) is 3.28. The van der Waals surface area contributed by atoms with E-state index >= 15 is 0 Å². The Balaban J connectivity index is 1.66. The molecule has 6 nitrogen and oxygen atoms in total. The van der Waals surface area contributed by atoms with Crippen molar-refractivity contribution < 1.29 is 9.59 Å². The number of carbonyl (C=O) groups excluding carboxylic acids is 2. The number of hydrogen-bond acceptors (Lipinski definition) is 3. The van der Waals surface area contributed by atoms with E-state index < -0.39 is 5.91 Å². The van der Waals surface area contributed by atoms with Crippen molar-refractivity contribution in [3.63, 3.8) is 0 Å². The molecule has 3 N–H and O–H groups in total. The van der Waals surface area contributed by atoms with Crippen LogP contribution in [0.1, 0.15) is 31.8 Å². The topological polar surface area (TPSA) is 90.0 Å². The van der Waals surface area contributed by atoms with Crippen molar-refractivity contribution in [2.75, 3.05) is 5.32 Å². The van der Waals surface area contributed by atoms with E-state index in [0.29, 0.717) is 29.1 Å². The van der Waals surface area contributed by atoms with Crippen LogP contribution in [0.3, 0.4) is 0 Å². The van der Waals surface area contributed by atoms with Gasteiger partial charge in [0.05, 0.1) is 12.1 Å². The van der Waals surface area contributed by atoms with Crippen molar-refractivity contribution in [3.05, 3.63) is 107 Å². The van der Waals surface area contributed by atoms with Gasteiger partial charge in [-0.25, -0.2) is 0 Å². The van der Waals surface area contributed by atoms with Gasteiger partial charge in [-0.05, 0) is 36.8 Å². The van der Waals surface area contributed by atoms with Gasteiger partial charge in [-0.1, -0.05) is 60.2 Å². The lowest BCUT2D eigenvalue weighted by Gasteiger charge is -2.06. The molecular formula is C25H22N4O2. The standard InChI is InChI=1S/C25H22N4O2/c1-17-7-9-19(10-8-17)23-22(16-29(28-23)15-18-5-3-2-4-6-18)25(31)27-21-13-11-20(12-14-21)24(26)30/h2-14,16H,15H2,1H3,(H2,26,30)(H,27,31). The number of nitrogens with zero attached hydrogens (tertiary/aromatic N) is 2. The highest BCUT2D eigenvalue weighted by Gasteiger charge is 2.18. The number of amides is 2. The molecule has 2 amide bonds. The van der Waals surface area contributed by atoms with Crippen LogP contribution in [0.5, 0.6) is 0 Å². The minimum atomic E-state index is -0.512. The lowest BCUT2D eigenvalue weighted by molar-refractivity contribution is 0.0998. The van der Waals surface area contributed by atoms with E-state index in [0.717, 1.165) is 16.7 Å². The second kappa shape index (κ2) is 8.67. The normalized spacial score (nSPS) is 10.6. The van der Waals surface area contributed by atoms with Crippen LogP contribution in [-0.2, 0) is 6.54 Å². The van der Waals surface area contributed by atoms with Gasteiger partial charge in [0.1, 0.15) is 5.69 Å². The lowest BCUT2D eigenvalue weighted by Crippen LogP contribution is -2.13. The van der Waals surface area contributed by atoms with Gasteiger partial charge >= 0.3 is 0 Å². The first-order valence-electron chi connectivity index (χ1n) is 9.89. The van der Waals surface area contributed by atoms with Crippen LogP contribution in [0.25, 0.3) is 11.3 Å². The zero-order valence-corrected chi connectivity index (χ0v) is 17.1. The summed E-state index contributed by atoms with van der Waals surface area (Å²) in [7, 11) is 0. The highest BCUT2D eigenvalue weighted by Crippen LogP contribution is 2.24. The number of primary amides is 1. The molecule has 0 radical (unpaired) electrons. The molecule has 0 saturated carbocycles. The first kappa shape index (κ1) is 20.1. The third-order valence-electron chi connectivity index (χ3n) is 4.95. The summed E-state index contributed by atoms with van der Waals surface area (Å²) in [5.74, 6) is -0.788. The minimum absolute atomic E-state index is 0.276. The highest BCUT2D eigenvalue weighted by atomic mass is 16.2. The van der Waals surface area contributed by atoms with E-state index in [1.807, 2.05) is 61.5 Å². The summed E-state index contributed by atoms with van der Waals surface area (Å²) in [4.78, 5) is 24.4. The van der Waals surface area contributed by atoms with Crippen LogP contribution in [-0.4, -0.2) is 21.6 Å². The summed E-state index contributed by atoms with van der Waals surface area (Å²) in [6.07, 6.45) is 1.76. The molecule has 31 heavy (non-hydrogen) atoms. The first-order chi connectivity index (χ1) is 15.0. The molecule has 4 aromatic rings. The lowest BCUT2D eigenvalue weighted by atomic mass is 10.1. The molecule has 1 aromatic heterocycles. The maximum atomic E-state index is 13.1. The largest absolute Gasteiger partial charge is 0.366 e. The van der Waals surface area contributed by atoms with E-state index in [1.165, 1.54) is 0 Å². The Labute approximate surface area is 180 Å². The van der Waals surface area contributed by atoms with Crippen molar-refractivity contribution >= 4 is 17.5 Å². The van der Waals surface area contributed by atoms with E-state index in [4.69, 9.17) is 10.8 Å². The molecule has 0 aliphatic heterocycles. The molecular weight excluding hydrogens is 388 g/mol. The summed E-state index contributed by atoms with van der Waals surface area (Å²) in [5, 5.41) is 7.58. The Kier molecular flexibility index (Phi) is 5.62. The van der Waals surface area contributed by atoms with Gasteiger partial charge in [0, 0.05) is 23.0 Å². The van der Waals surface area contributed by atoms with E-state index in [1.54, 1.807) is 35.1 Å². The fourth-order valence-electron chi connectivity index (χ4n) is 3.28. The zero-order valence-electron chi connectivity index (χ0n) is 17.1. The van der Waals surface area contributed by atoms with Crippen molar-refractivity contribution in [1.29, 1.82) is 0 Å². The summed E-state index contributed by atoms with van der Waals surface area (Å²) >= 11 is 0. The molecule has 0 aliphatic carbocycles. The van der Waals surface area contributed by atoms with E-state index in [9.17, 15) is 9.59 Å². The first-order valence-corrected chi connectivity index (χ1v) is 9.89. The monoisotopic (exact) mass is 410 g/mol. The van der Waals surface area contributed by atoms with Crippen LogP contribution in [0.4, 0.5) is 5.69 Å². The summed E-state index contributed by atoms with van der Waals surface area (Å²) in [6.45, 7) is 2.57. The van der Waals surface area contributed by atoms with Crippen molar-refractivity contribution in [2.45, 2.75) is 13.5 Å². The Morgan fingerprint density at radius 1 is 0.935 bits per heavy atom. The summed E-state index contributed by atoms with van der Waals surface area (Å²) in [6, 6.07) is 24.3. The second-order valence-electron chi connectivity index (χ2n) is 7.34. The van der Waals surface area contributed by atoms with Crippen LogP contribution < -0.4 is 11.1 Å². The Hall–Kier alpha value is -4.19. The quantitative estimate of drug-likeness (QED) is 0.498. The third kappa shape index (κ3) is 4.70. The molecule has 0 unspecified atom stereocenters. The minimum Gasteiger partial charge on any atom is -0.366 e. The van der Waals surface area contributed by atoms with Crippen molar-refractivity contribution in [1.82, 2.24) is 9.78 Å². The fraction of sp³-hybridized carbons (Fsp3) is 0.0800. The van der Waals surface area contributed by atoms with Crippen LogP contribution in [0.2, 0.25) is 0 Å². The predicted molar refractivity (Wildman–Crippen MR) is 121 cm³/mol. The molecule has 1 heterocycles. The van der Waals surface area contributed by atoms with Gasteiger partial charge in [0.2, 0.25) is 5.91 Å². The van der Waals surface area contributed by atoms with Crippen LogP contribution in [0, 0.1) is 6.92 Å². The Morgan fingerprint density at radius 2 is 1.61 bits per heavy atom. The van der Waals surface area contributed by atoms with Gasteiger partial charge in [-0.3, -0.25) is 14.3 Å². The smallest absolute Gasteiger partial charge is 0.259 e. The van der Waals surface area contributed by atoms with Gasteiger partial charge in [-0.2, -0.15) is 5.10 Å². The molecule has 0 fully saturated rings. The molecule has 0 saturated heterocycles. The van der Waals surface area contributed by atoms with Crippen molar-refractivity contribution in [2.24, 2.45) is 5.73 Å². The highest BCUT2D eigenvalue weighted by molar-refractivity contribution is 6.08. The number of carbonyl (C=O) groups is 2. The number of hydrogen-bond donors (Lipinski definition) is 2. The number of benzene rings is 3. The maximum Gasteiger partial charge on any atom is 0.259 e. The zero-order chi connectivity index (χ0) is 21.8. The predicted octanol–water partition coefficient (Wildman–Crippen LogP) is 4.26. The van der Waals surface area contributed by atoms with E-state index in [-0.39, 0.29) is 5.91 Å². The Bertz CT molecular complexity index is 1210. The number of aromatic nitrogens is 2. The average molecular weight is 410 g/mol. The average Bonchev–Trinajstić information content (AvgIpc) is 3.19. The Morgan fingerprint density at radius 3 is 2.26 bits per heavy atom. The molecule has 4 rings (SSSR count). The van der Waals surface area contributed by atoms with Gasteiger partial charge in [0.25, 0.3) is 5.91 Å². The van der Waals surface area contributed by atoms with Gasteiger partial charge in [-0.15, -0.1) is 0 Å². The van der Waals surface area contributed by atoms with Gasteiger partial charge in [0.15, 0.2) is 0 Å². The molecule has 0 atom stereocenters. The summed E-state index contributed by atoms with van der Waals surface area (Å²) in [5.41, 5.74) is 10.4. The number of nitrogens with two attached hydrogens (primary N) is 1. The number of rotatable bonds is 6. The number of aryl methyl sites for hydroxylation is 1. The van der Waals surface area contributed by atoms with Crippen molar-refractivity contribution in [3.8, 4) is 11.3 Å². The molecule has 3 aromatic carbocycles. The van der Waals surface area contributed by atoms with Gasteiger partial charge < -0.3 is 11.1 Å². The third-order valence-corrected chi connectivity index (χ3v) is 4.95. The number of nitrogens with one attached hydrogen (secondary N) is 1. The molecule has 154 valence electrons. The molecule has 0 aliphatic rings. The SMILES string of the molecule is Cc1ccc(-c2nn(Cc3ccccc3)cc2C(=O)Nc2ccc(C(N)=O)cc2)cc1. The number of anilines is 1. The maximum absolute atomic E-state index is 13.1. The van der Waals surface area contributed by atoms with Crippen LogP contribution >= 0.6 is 0 Å². The van der Waals surface area contributed by atoms with E-state index in [2.05, 4.69) is 5.32 Å².